The highest BCUT2D eigenvalue weighted by Gasteiger charge is 2.20. The maximum Gasteiger partial charge on any atom is 0.252 e. The molecule has 0 saturated carbocycles. The average Bonchev–Trinajstić information content (AvgIpc) is 3.35. The molecule has 1 amide bonds. The fraction of sp³-hybridized carbons (Fsp3) is 0.381. The zero-order valence-corrected chi connectivity index (χ0v) is 18.2. The number of benzene rings is 1. The first-order valence-corrected chi connectivity index (χ1v) is 9.59. The van der Waals surface area contributed by atoms with Gasteiger partial charge >= 0.3 is 0 Å². The van der Waals surface area contributed by atoms with Crippen LogP contribution < -0.4 is 10.6 Å². The van der Waals surface area contributed by atoms with Crippen LogP contribution in [0.4, 0.5) is 0 Å². The number of carbonyl (C=O) groups excluding carboxylic acids is 1. The Morgan fingerprint density at radius 2 is 2.03 bits per heavy atom. The molecule has 4 rings (SSSR count). The van der Waals surface area contributed by atoms with Gasteiger partial charge in [-0.1, -0.05) is 30.3 Å². The number of pyridine rings is 1. The van der Waals surface area contributed by atoms with Gasteiger partial charge in [-0.3, -0.25) is 4.79 Å². The lowest BCUT2D eigenvalue weighted by atomic mass is 10.1. The van der Waals surface area contributed by atoms with Gasteiger partial charge in [0.05, 0.1) is 22.8 Å². The zero-order valence-electron chi connectivity index (χ0n) is 16.6. The monoisotopic (exact) mass is 435 g/mol. The lowest BCUT2D eigenvalue weighted by Gasteiger charge is -2.13. The van der Waals surface area contributed by atoms with E-state index in [2.05, 4.69) is 29.6 Å². The summed E-state index contributed by atoms with van der Waals surface area (Å²) in [4.78, 5) is 17.8. The molecule has 1 aliphatic heterocycles. The molecule has 1 saturated heterocycles. The Labute approximate surface area is 183 Å². The number of carbonyl (C=O) groups is 1. The number of fused-ring (bicyclic) bond motifs is 1. The van der Waals surface area contributed by atoms with E-state index < -0.39 is 0 Å². The molecule has 1 aliphatic rings. The molecule has 1 unspecified atom stereocenters. The quantitative estimate of drug-likeness (QED) is 0.634. The van der Waals surface area contributed by atoms with Crippen molar-refractivity contribution in [2.45, 2.75) is 38.8 Å². The lowest BCUT2D eigenvalue weighted by molar-refractivity contribution is 0.0952. The SMILES string of the molecule is CC(C)n1ncc2c(C(=O)NCC3CCCN3)cc(-c3ccccc3)nc21.Cl.Cl. The predicted octanol–water partition coefficient (Wildman–Crippen LogP) is 4.00. The number of hydrogen-bond acceptors (Lipinski definition) is 4. The Morgan fingerprint density at radius 1 is 1.28 bits per heavy atom. The van der Waals surface area contributed by atoms with Gasteiger partial charge in [0, 0.05) is 24.2 Å². The molecule has 0 radical (unpaired) electrons. The largest absolute Gasteiger partial charge is 0.350 e. The van der Waals surface area contributed by atoms with Gasteiger partial charge in [0.15, 0.2) is 5.65 Å². The van der Waals surface area contributed by atoms with Gasteiger partial charge in [-0.2, -0.15) is 5.10 Å². The molecule has 0 bridgehead atoms. The second kappa shape index (κ2) is 10.1. The molecule has 1 aromatic carbocycles. The minimum Gasteiger partial charge on any atom is -0.350 e. The number of halogens is 2. The van der Waals surface area contributed by atoms with E-state index in [4.69, 9.17) is 4.98 Å². The third-order valence-electron chi connectivity index (χ3n) is 5.04. The van der Waals surface area contributed by atoms with E-state index >= 15 is 0 Å². The van der Waals surface area contributed by atoms with Crippen LogP contribution in [-0.2, 0) is 0 Å². The van der Waals surface area contributed by atoms with Crippen molar-refractivity contribution < 1.29 is 4.79 Å². The molecule has 0 spiro atoms. The average molecular weight is 436 g/mol. The normalized spacial score (nSPS) is 15.8. The summed E-state index contributed by atoms with van der Waals surface area (Å²) in [6, 6.07) is 12.4. The fourth-order valence-electron chi connectivity index (χ4n) is 3.58. The molecule has 2 aromatic heterocycles. The van der Waals surface area contributed by atoms with E-state index in [0.717, 1.165) is 35.3 Å². The molecule has 3 heterocycles. The summed E-state index contributed by atoms with van der Waals surface area (Å²) in [7, 11) is 0. The molecule has 0 aliphatic carbocycles. The van der Waals surface area contributed by atoms with Crippen LogP contribution in [0.2, 0.25) is 0 Å². The van der Waals surface area contributed by atoms with E-state index in [-0.39, 0.29) is 36.8 Å². The molecule has 2 N–H and O–H groups in total. The molecule has 1 fully saturated rings. The Morgan fingerprint density at radius 3 is 2.69 bits per heavy atom. The van der Waals surface area contributed by atoms with Crippen LogP contribution in [0.25, 0.3) is 22.3 Å². The number of rotatable bonds is 5. The number of hydrogen-bond donors (Lipinski definition) is 2. The Hall–Kier alpha value is -2.15. The summed E-state index contributed by atoms with van der Waals surface area (Å²) in [5.41, 5.74) is 3.15. The van der Waals surface area contributed by atoms with Gasteiger partial charge in [-0.25, -0.2) is 9.67 Å². The van der Waals surface area contributed by atoms with Crippen molar-refractivity contribution in [1.82, 2.24) is 25.4 Å². The van der Waals surface area contributed by atoms with Gasteiger partial charge in [0.1, 0.15) is 0 Å². The van der Waals surface area contributed by atoms with Gasteiger partial charge in [0.25, 0.3) is 5.91 Å². The summed E-state index contributed by atoms with van der Waals surface area (Å²) in [6.45, 7) is 5.80. The molecule has 1 atom stereocenters. The van der Waals surface area contributed by atoms with Gasteiger partial charge in [-0.05, 0) is 39.3 Å². The van der Waals surface area contributed by atoms with Crippen molar-refractivity contribution >= 4 is 41.8 Å². The maximum absolute atomic E-state index is 13.0. The molecule has 29 heavy (non-hydrogen) atoms. The number of amides is 1. The summed E-state index contributed by atoms with van der Waals surface area (Å²) in [6.07, 6.45) is 4.02. The van der Waals surface area contributed by atoms with E-state index in [0.29, 0.717) is 18.2 Å². The zero-order chi connectivity index (χ0) is 18.8. The Kier molecular flexibility index (Phi) is 8.02. The summed E-state index contributed by atoms with van der Waals surface area (Å²) < 4.78 is 1.87. The first kappa shape index (κ1) is 23.1. The molecule has 8 heteroatoms. The molecule has 3 aromatic rings. The highest BCUT2D eigenvalue weighted by atomic mass is 35.5. The van der Waals surface area contributed by atoms with Crippen molar-refractivity contribution in [3.8, 4) is 11.3 Å². The smallest absolute Gasteiger partial charge is 0.252 e. The molecule has 6 nitrogen and oxygen atoms in total. The molecular formula is C21H27Cl2N5O. The highest BCUT2D eigenvalue weighted by Crippen LogP contribution is 2.26. The fourth-order valence-corrected chi connectivity index (χ4v) is 3.58. The van der Waals surface area contributed by atoms with E-state index in [9.17, 15) is 4.79 Å². The van der Waals surface area contributed by atoms with Gasteiger partial charge < -0.3 is 10.6 Å². The minimum atomic E-state index is -0.0726. The van der Waals surface area contributed by atoms with Crippen LogP contribution in [0.1, 0.15) is 43.1 Å². The maximum atomic E-state index is 13.0. The number of nitrogens with zero attached hydrogens (tertiary/aromatic N) is 3. The third kappa shape index (κ3) is 4.89. The van der Waals surface area contributed by atoms with Crippen molar-refractivity contribution in [3.05, 3.63) is 48.2 Å². The second-order valence-corrected chi connectivity index (χ2v) is 7.34. The topological polar surface area (TPSA) is 71.8 Å². The highest BCUT2D eigenvalue weighted by molar-refractivity contribution is 6.06. The predicted molar refractivity (Wildman–Crippen MR) is 121 cm³/mol. The molecule has 156 valence electrons. The van der Waals surface area contributed by atoms with Crippen LogP contribution in [0.3, 0.4) is 0 Å². The van der Waals surface area contributed by atoms with Gasteiger partial charge in [0.2, 0.25) is 0 Å². The first-order valence-electron chi connectivity index (χ1n) is 9.59. The van der Waals surface area contributed by atoms with Gasteiger partial charge in [-0.15, -0.1) is 24.8 Å². The summed E-state index contributed by atoms with van der Waals surface area (Å²) in [5, 5.41) is 11.8. The van der Waals surface area contributed by atoms with E-state index in [1.165, 1.54) is 6.42 Å². The van der Waals surface area contributed by atoms with Crippen LogP contribution in [0.15, 0.2) is 42.6 Å². The molecular weight excluding hydrogens is 409 g/mol. The number of nitrogens with one attached hydrogen (secondary N) is 2. The standard InChI is InChI=1S/C21H25N5O.2ClH/c1-14(2)26-20-18(13-24-26)17(21(27)23-12-16-9-6-10-22-16)11-19(25-20)15-7-4-3-5-8-15;;/h3-5,7-8,11,13-14,16,22H,6,9-10,12H2,1-2H3,(H,23,27);2*1H. The summed E-state index contributed by atoms with van der Waals surface area (Å²) >= 11 is 0. The van der Waals surface area contributed by atoms with Crippen molar-refractivity contribution in [1.29, 1.82) is 0 Å². The van der Waals surface area contributed by atoms with Crippen LogP contribution in [-0.4, -0.2) is 39.8 Å². The second-order valence-electron chi connectivity index (χ2n) is 7.34. The van der Waals surface area contributed by atoms with Crippen molar-refractivity contribution in [2.75, 3.05) is 13.1 Å². The summed E-state index contributed by atoms with van der Waals surface area (Å²) in [5.74, 6) is -0.0726. The Balaban J connectivity index is 0.00000150. The number of aromatic nitrogens is 3. The lowest BCUT2D eigenvalue weighted by Crippen LogP contribution is -2.37. The van der Waals surface area contributed by atoms with E-state index in [1.807, 2.05) is 41.1 Å². The van der Waals surface area contributed by atoms with Crippen LogP contribution in [0.5, 0.6) is 0 Å². The van der Waals surface area contributed by atoms with Crippen LogP contribution >= 0.6 is 24.8 Å². The van der Waals surface area contributed by atoms with Crippen molar-refractivity contribution in [3.63, 3.8) is 0 Å². The first-order chi connectivity index (χ1) is 13.1. The minimum absolute atomic E-state index is 0. The van der Waals surface area contributed by atoms with Crippen LogP contribution in [0, 0.1) is 0 Å². The van der Waals surface area contributed by atoms with Crippen molar-refractivity contribution in [2.24, 2.45) is 0 Å². The van der Waals surface area contributed by atoms with E-state index in [1.54, 1.807) is 6.20 Å². The third-order valence-corrected chi connectivity index (χ3v) is 5.04. The Bertz CT molecular complexity index is 952.